The Labute approximate surface area is 166 Å². The standard InChI is InChI=1S/C16H27N5O8/c1-3-7(2)13(16(29)19-6-12(25)26)21-15(28)9(5-11(23)24)20-14(27)8(17)4-10(18)22/h7-9,13H,3-6,17H2,1-2H3,(H2,18,22)(H,19,29)(H,20,27)(H,21,28)(H,23,24)(H,25,26). The molecule has 13 nitrogen and oxygen atoms in total. The largest absolute Gasteiger partial charge is 0.481 e. The van der Waals surface area contributed by atoms with Gasteiger partial charge in [-0.1, -0.05) is 20.3 Å². The van der Waals surface area contributed by atoms with Gasteiger partial charge in [-0.15, -0.1) is 0 Å². The fraction of sp³-hybridized carbons (Fsp3) is 0.625. The number of carbonyl (C=O) groups excluding carboxylic acids is 4. The summed E-state index contributed by atoms with van der Waals surface area (Å²) in [5.74, 6) is -6.72. The number of nitrogens with two attached hydrogens (primary N) is 2. The number of primary amides is 1. The van der Waals surface area contributed by atoms with E-state index in [1.165, 1.54) is 0 Å². The Hall–Kier alpha value is -3.22. The van der Waals surface area contributed by atoms with E-state index in [1.54, 1.807) is 13.8 Å². The third-order valence-corrected chi connectivity index (χ3v) is 3.98. The average Bonchev–Trinajstić information content (AvgIpc) is 2.61. The molecule has 0 radical (unpaired) electrons. The van der Waals surface area contributed by atoms with Crippen molar-refractivity contribution in [2.24, 2.45) is 17.4 Å². The second kappa shape index (κ2) is 12.3. The fourth-order valence-corrected chi connectivity index (χ4v) is 2.20. The van der Waals surface area contributed by atoms with E-state index < -0.39 is 79.0 Å². The minimum absolute atomic E-state index is 0.425. The van der Waals surface area contributed by atoms with Crippen molar-refractivity contribution in [1.29, 1.82) is 0 Å². The number of nitrogens with one attached hydrogen (secondary N) is 3. The van der Waals surface area contributed by atoms with Crippen molar-refractivity contribution in [3.8, 4) is 0 Å². The summed E-state index contributed by atoms with van der Waals surface area (Å²) in [5.41, 5.74) is 10.4. The summed E-state index contributed by atoms with van der Waals surface area (Å²) in [7, 11) is 0. The fourth-order valence-electron chi connectivity index (χ4n) is 2.20. The van der Waals surface area contributed by atoms with Crippen LogP contribution >= 0.6 is 0 Å². The first kappa shape index (κ1) is 25.8. The molecule has 0 saturated carbocycles. The first-order chi connectivity index (χ1) is 13.4. The highest BCUT2D eigenvalue weighted by Gasteiger charge is 2.32. The minimum Gasteiger partial charge on any atom is -0.481 e. The summed E-state index contributed by atoms with van der Waals surface area (Å²) in [6.07, 6.45) is -0.893. The molecule has 164 valence electrons. The van der Waals surface area contributed by atoms with Gasteiger partial charge >= 0.3 is 11.9 Å². The topological polar surface area (TPSA) is 231 Å². The van der Waals surface area contributed by atoms with E-state index in [0.717, 1.165) is 0 Å². The van der Waals surface area contributed by atoms with E-state index in [0.29, 0.717) is 6.42 Å². The zero-order chi connectivity index (χ0) is 22.7. The summed E-state index contributed by atoms with van der Waals surface area (Å²) in [4.78, 5) is 69.3. The molecular weight excluding hydrogens is 390 g/mol. The van der Waals surface area contributed by atoms with Crippen molar-refractivity contribution in [3.63, 3.8) is 0 Å². The number of carbonyl (C=O) groups is 6. The number of carboxylic acid groups (broad SMARTS) is 2. The van der Waals surface area contributed by atoms with Crippen LogP contribution in [0.5, 0.6) is 0 Å². The maximum atomic E-state index is 12.5. The summed E-state index contributed by atoms with van der Waals surface area (Å²) in [5, 5.41) is 24.2. The Morgan fingerprint density at radius 2 is 1.48 bits per heavy atom. The maximum absolute atomic E-state index is 12.5. The molecule has 0 heterocycles. The molecule has 9 N–H and O–H groups in total. The number of carboxylic acids is 2. The molecule has 0 bridgehead atoms. The van der Waals surface area contributed by atoms with Crippen LogP contribution in [-0.4, -0.2) is 70.5 Å². The Kier molecular flexibility index (Phi) is 10.9. The predicted molar refractivity (Wildman–Crippen MR) is 98.0 cm³/mol. The van der Waals surface area contributed by atoms with Gasteiger partial charge in [0.25, 0.3) is 0 Å². The molecule has 0 aliphatic rings. The zero-order valence-corrected chi connectivity index (χ0v) is 16.1. The Morgan fingerprint density at radius 3 is 1.93 bits per heavy atom. The number of amides is 4. The van der Waals surface area contributed by atoms with Gasteiger partial charge in [0.1, 0.15) is 18.6 Å². The van der Waals surface area contributed by atoms with Crippen LogP contribution in [0.25, 0.3) is 0 Å². The van der Waals surface area contributed by atoms with Crippen molar-refractivity contribution in [3.05, 3.63) is 0 Å². The van der Waals surface area contributed by atoms with Gasteiger partial charge in [0.15, 0.2) is 0 Å². The Balaban J connectivity index is 5.34. The lowest BCUT2D eigenvalue weighted by molar-refractivity contribution is -0.142. The minimum atomic E-state index is -1.59. The number of hydrogen-bond donors (Lipinski definition) is 7. The van der Waals surface area contributed by atoms with Gasteiger partial charge in [0, 0.05) is 0 Å². The van der Waals surface area contributed by atoms with Crippen molar-refractivity contribution < 1.29 is 39.0 Å². The van der Waals surface area contributed by atoms with Gasteiger partial charge in [-0.25, -0.2) is 0 Å². The molecule has 13 heteroatoms. The smallest absolute Gasteiger partial charge is 0.322 e. The zero-order valence-electron chi connectivity index (χ0n) is 16.1. The molecule has 0 aromatic rings. The van der Waals surface area contributed by atoms with E-state index in [2.05, 4.69) is 16.0 Å². The monoisotopic (exact) mass is 417 g/mol. The van der Waals surface area contributed by atoms with Gasteiger partial charge < -0.3 is 37.6 Å². The molecule has 0 fully saturated rings. The lowest BCUT2D eigenvalue weighted by atomic mass is 9.97. The Bertz CT molecular complexity index is 653. The molecule has 0 aromatic heterocycles. The number of aliphatic carboxylic acids is 2. The molecule has 0 aliphatic carbocycles. The van der Waals surface area contributed by atoms with E-state index >= 15 is 0 Å². The second-order valence-corrected chi connectivity index (χ2v) is 6.42. The molecule has 0 rings (SSSR count). The van der Waals surface area contributed by atoms with Gasteiger partial charge in [-0.3, -0.25) is 28.8 Å². The lowest BCUT2D eigenvalue weighted by Gasteiger charge is -2.26. The summed E-state index contributed by atoms with van der Waals surface area (Å²) < 4.78 is 0. The summed E-state index contributed by atoms with van der Waals surface area (Å²) in [6.45, 7) is 2.69. The molecule has 4 unspecified atom stereocenters. The molecule has 0 aliphatic heterocycles. The third-order valence-electron chi connectivity index (χ3n) is 3.98. The predicted octanol–water partition coefficient (Wildman–Crippen LogP) is -3.12. The lowest BCUT2D eigenvalue weighted by Crippen LogP contribution is -2.58. The number of hydrogen-bond acceptors (Lipinski definition) is 7. The van der Waals surface area contributed by atoms with Crippen LogP contribution in [0.4, 0.5) is 0 Å². The third kappa shape index (κ3) is 10.0. The van der Waals surface area contributed by atoms with Crippen LogP contribution in [0.3, 0.4) is 0 Å². The molecular formula is C16H27N5O8. The SMILES string of the molecule is CCC(C)C(NC(=O)C(CC(=O)O)NC(=O)C(N)CC(N)=O)C(=O)NCC(=O)O. The van der Waals surface area contributed by atoms with Crippen molar-refractivity contribution >= 4 is 35.6 Å². The highest BCUT2D eigenvalue weighted by molar-refractivity contribution is 5.96. The molecule has 29 heavy (non-hydrogen) atoms. The second-order valence-electron chi connectivity index (χ2n) is 6.42. The van der Waals surface area contributed by atoms with Crippen molar-refractivity contribution in [2.45, 2.75) is 51.2 Å². The van der Waals surface area contributed by atoms with E-state index in [-0.39, 0.29) is 0 Å². The molecule has 0 spiro atoms. The first-order valence-electron chi connectivity index (χ1n) is 8.74. The normalized spacial score (nSPS) is 14.6. The van der Waals surface area contributed by atoms with Gasteiger partial charge in [0.05, 0.1) is 18.9 Å². The highest BCUT2D eigenvalue weighted by atomic mass is 16.4. The van der Waals surface area contributed by atoms with Crippen LogP contribution in [0, 0.1) is 5.92 Å². The van der Waals surface area contributed by atoms with Crippen LogP contribution < -0.4 is 27.4 Å². The van der Waals surface area contributed by atoms with E-state index in [1.807, 2.05) is 0 Å². The van der Waals surface area contributed by atoms with Crippen LogP contribution in [-0.2, 0) is 28.8 Å². The maximum Gasteiger partial charge on any atom is 0.322 e. The molecule has 0 saturated heterocycles. The van der Waals surface area contributed by atoms with Crippen LogP contribution in [0.2, 0.25) is 0 Å². The van der Waals surface area contributed by atoms with Crippen molar-refractivity contribution in [2.75, 3.05) is 6.54 Å². The van der Waals surface area contributed by atoms with E-state index in [4.69, 9.17) is 21.7 Å². The summed E-state index contributed by atoms with van der Waals surface area (Å²) >= 11 is 0. The Morgan fingerprint density at radius 1 is 0.897 bits per heavy atom. The first-order valence-corrected chi connectivity index (χ1v) is 8.74. The molecule has 0 aromatic carbocycles. The van der Waals surface area contributed by atoms with Crippen molar-refractivity contribution in [1.82, 2.24) is 16.0 Å². The molecule has 4 amide bonds. The average molecular weight is 417 g/mol. The van der Waals surface area contributed by atoms with Gasteiger partial charge in [-0.05, 0) is 5.92 Å². The van der Waals surface area contributed by atoms with Gasteiger partial charge in [-0.2, -0.15) is 0 Å². The summed E-state index contributed by atoms with van der Waals surface area (Å²) in [6, 6.07) is -4.14. The van der Waals surface area contributed by atoms with Crippen LogP contribution in [0.15, 0.2) is 0 Å². The number of rotatable bonds is 13. The molecule has 4 atom stereocenters. The van der Waals surface area contributed by atoms with Crippen LogP contribution in [0.1, 0.15) is 33.1 Å². The van der Waals surface area contributed by atoms with E-state index in [9.17, 15) is 28.8 Å². The van der Waals surface area contributed by atoms with Gasteiger partial charge in [0.2, 0.25) is 23.6 Å². The quantitative estimate of drug-likeness (QED) is 0.160. The highest BCUT2D eigenvalue weighted by Crippen LogP contribution is 2.09.